The highest BCUT2D eigenvalue weighted by atomic mass is 16.3. The van der Waals surface area contributed by atoms with Crippen molar-refractivity contribution in [2.24, 2.45) is 5.84 Å². The van der Waals surface area contributed by atoms with Crippen molar-refractivity contribution in [2.45, 2.75) is 44.6 Å². The third-order valence-corrected chi connectivity index (χ3v) is 3.49. The van der Waals surface area contributed by atoms with Crippen LogP contribution >= 0.6 is 0 Å². The number of hydrogen-bond donors (Lipinski definition) is 4. The van der Waals surface area contributed by atoms with Crippen molar-refractivity contribution in [1.82, 2.24) is 9.97 Å². The molecule has 1 aromatic rings. The lowest BCUT2D eigenvalue weighted by Crippen LogP contribution is -2.39. The van der Waals surface area contributed by atoms with Gasteiger partial charge in [0.25, 0.3) is 0 Å². The third kappa shape index (κ3) is 2.70. The van der Waals surface area contributed by atoms with Crippen molar-refractivity contribution in [3.8, 4) is 0 Å². The van der Waals surface area contributed by atoms with Crippen LogP contribution < -0.4 is 16.6 Å². The summed E-state index contributed by atoms with van der Waals surface area (Å²) in [4.78, 5) is 8.67. The molecule has 0 bridgehead atoms. The Balaban J connectivity index is 2.21. The maximum Gasteiger partial charge on any atom is 0.145 e. The molecular formula is C12H21N5O. The second-order valence-electron chi connectivity index (χ2n) is 4.82. The second-order valence-corrected chi connectivity index (χ2v) is 4.82. The lowest BCUT2D eigenvalue weighted by molar-refractivity contribution is 0.214. The van der Waals surface area contributed by atoms with Gasteiger partial charge in [-0.2, -0.15) is 0 Å². The van der Waals surface area contributed by atoms with E-state index >= 15 is 0 Å². The first-order valence-corrected chi connectivity index (χ1v) is 6.45. The molecule has 5 N–H and O–H groups in total. The quantitative estimate of drug-likeness (QED) is 0.461. The summed E-state index contributed by atoms with van der Waals surface area (Å²) in [5, 5.41) is 12.9. The summed E-state index contributed by atoms with van der Waals surface area (Å²) in [6, 6.07) is 1.77. The first-order chi connectivity index (χ1) is 8.71. The van der Waals surface area contributed by atoms with Gasteiger partial charge >= 0.3 is 0 Å². The zero-order chi connectivity index (χ0) is 13.0. The Bertz CT molecular complexity index is 381. The third-order valence-electron chi connectivity index (χ3n) is 3.49. The Morgan fingerprint density at radius 3 is 2.56 bits per heavy atom. The fourth-order valence-corrected chi connectivity index (χ4v) is 2.44. The van der Waals surface area contributed by atoms with Crippen LogP contribution in [0.25, 0.3) is 0 Å². The number of rotatable bonds is 5. The van der Waals surface area contributed by atoms with E-state index in [0.717, 1.165) is 43.7 Å². The molecule has 0 aromatic carbocycles. The zero-order valence-electron chi connectivity index (χ0n) is 10.7. The van der Waals surface area contributed by atoms with E-state index in [2.05, 4.69) is 20.7 Å². The number of aromatic nitrogens is 2. The van der Waals surface area contributed by atoms with Gasteiger partial charge < -0.3 is 15.8 Å². The van der Waals surface area contributed by atoms with Gasteiger partial charge in [-0.1, -0.05) is 19.8 Å². The molecule has 0 spiro atoms. The Labute approximate surface area is 107 Å². The van der Waals surface area contributed by atoms with Crippen molar-refractivity contribution >= 4 is 11.6 Å². The highest BCUT2D eigenvalue weighted by Gasteiger charge is 2.33. The number of nitrogens with two attached hydrogens (primary N) is 1. The van der Waals surface area contributed by atoms with Gasteiger partial charge in [0, 0.05) is 12.5 Å². The van der Waals surface area contributed by atoms with E-state index in [1.165, 1.54) is 0 Å². The number of nitrogens with one attached hydrogen (secondary N) is 2. The molecule has 0 radical (unpaired) electrons. The molecule has 6 nitrogen and oxygen atoms in total. The number of aliphatic hydroxyl groups excluding tert-OH is 1. The van der Waals surface area contributed by atoms with Gasteiger partial charge in [0.15, 0.2) is 0 Å². The van der Waals surface area contributed by atoms with E-state index in [0.29, 0.717) is 5.82 Å². The Hall–Kier alpha value is -1.40. The molecular weight excluding hydrogens is 230 g/mol. The minimum absolute atomic E-state index is 0.129. The van der Waals surface area contributed by atoms with Crippen LogP contribution in [0.5, 0.6) is 0 Å². The molecule has 0 aliphatic heterocycles. The number of aliphatic hydroxyl groups is 1. The van der Waals surface area contributed by atoms with E-state index in [1.807, 2.05) is 6.92 Å². The lowest BCUT2D eigenvalue weighted by atomic mass is 9.99. The summed E-state index contributed by atoms with van der Waals surface area (Å²) in [7, 11) is 0. The average Bonchev–Trinajstić information content (AvgIpc) is 2.87. The van der Waals surface area contributed by atoms with E-state index in [9.17, 15) is 5.11 Å². The molecule has 1 aromatic heterocycles. The number of nitrogen functional groups attached to an aromatic ring is 1. The van der Waals surface area contributed by atoms with Crippen molar-refractivity contribution < 1.29 is 5.11 Å². The van der Waals surface area contributed by atoms with Gasteiger partial charge in [-0.25, -0.2) is 15.8 Å². The first-order valence-electron chi connectivity index (χ1n) is 6.45. The summed E-state index contributed by atoms with van der Waals surface area (Å²) in [6.45, 7) is 2.13. The monoisotopic (exact) mass is 251 g/mol. The van der Waals surface area contributed by atoms with Gasteiger partial charge in [-0.05, 0) is 12.8 Å². The Morgan fingerprint density at radius 2 is 2.00 bits per heavy atom. The topological polar surface area (TPSA) is 96.1 Å². The number of anilines is 2. The molecule has 0 amide bonds. The predicted octanol–water partition coefficient (Wildman–Crippen LogP) is 1.04. The second kappa shape index (κ2) is 5.49. The van der Waals surface area contributed by atoms with E-state index in [1.54, 1.807) is 6.07 Å². The number of nitrogens with zero attached hydrogens (tertiary/aromatic N) is 2. The highest BCUT2D eigenvalue weighted by molar-refractivity contribution is 5.48. The van der Waals surface area contributed by atoms with E-state index in [-0.39, 0.29) is 12.1 Å². The summed E-state index contributed by atoms with van der Waals surface area (Å²) < 4.78 is 0. The predicted molar refractivity (Wildman–Crippen MR) is 71.1 cm³/mol. The number of hydrazine groups is 1. The Kier molecular flexibility index (Phi) is 3.98. The summed E-state index contributed by atoms with van der Waals surface area (Å²) in [6.07, 6.45) is 4.97. The molecule has 1 heterocycles. The maximum absolute atomic E-state index is 9.58. The fraction of sp³-hybridized carbons (Fsp3) is 0.667. The average molecular weight is 251 g/mol. The van der Waals surface area contributed by atoms with E-state index < -0.39 is 0 Å². The summed E-state index contributed by atoms with van der Waals surface area (Å²) in [5.74, 6) is 7.45. The number of hydrogen-bond acceptors (Lipinski definition) is 6. The SMILES string of the molecule is CCc1nc(NN)cc(NC2(CO)CCCC2)n1. The largest absolute Gasteiger partial charge is 0.394 e. The van der Waals surface area contributed by atoms with Crippen LogP contribution in [0.4, 0.5) is 11.6 Å². The van der Waals surface area contributed by atoms with Gasteiger partial charge in [0.2, 0.25) is 0 Å². The standard InChI is InChI=1S/C12H21N5O/c1-2-9-14-10(7-11(15-9)17-13)16-12(8-18)5-3-4-6-12/h7,18H,2-6,8,13H2,1H3,(H2,14,15,16,17). The zero-order valence-corrected chi connectivity index (χ0v) is 10.7. The molecule has 18 heavy (non-hydrogen) atoms. The minimum Gasteiger partial charge on any atom is -0.394 e. The van der Waals surface area contributed by atoms with Gasteiger partial charge in [-0.3, -0.25) is 0 Å². The van der Waals surface area contributed by atoms with Gasteiger partial charge in [0.1, 0.15) is 17.5 Å². The van der Waals surface area contributed by atoms with Gasteiger partial charge in [0.05, 0.1) is 12.1 Å². The van der Waals surface area contributed by atoms with Crippen LogP contribution in [0.3, 0.4) is 0 Å². The molecule has 6 heteroatoms. The molecule has 0 unspecified atom stereocenters. The first kappa shape index (κ1) is 13.0. The van der Waals surface area contributed by atoms with Crippen LogP contribution in [0.15, 0.2) is 6.07 Å². The Morgan fingerprint density at radius 1 is 1.33 bits per heavy atom. The molecule has 0 saturated heterocycles. The highest BCUT2D eigenvalue weighted by Crippen LogP contribution is 2.32. The van der Waals surface area contributed by atoms with Crippen molar-refractivity contribution in [3.05, 3.63) is 11.9 Å². The van der Waals surface area contributed by atoms with Crippen LogP contribution in [0, 0.1) is 0 Å². The van der Waals surface area contributed by atoms with Crippen molar-refractivity contribution in [3.63, 3.8) is 0 Å². The van der Waals surface area contributed by atoms with Crippen LogP contribution in [0.2, 0.25) is 0 Å². The molecule has 1 aliphatic carbocycles. The number of aryl methyl sites for hydroxylation is 1. The minimum atomic E-state index is -0.231. The molecule has 1 aliphatic rings. The smallest absolute Gasteiger partial charge is 0.145 e. The van der Waals surface area contributed by atoms with Gasteiger partial charge in [-0.15, -0.1) is 0 Å². The van der Waals surface area contributed by atoms with Crippen LogP contribution in [0.1, 0.15) is 38.4 Å². The molecule has 2 rings (SSSR count). The van der Waals surface area contributed by atoms with E-state index in [4.69, 9.17) is 5.84 Å². The van der Waals surface area contributed by atoms with Crippen molar-refractivity contribution in [2.75, 3.05) is 17.3 Å². The van der Waals surface area contributed by atoms with Crippen LogP contribution in [-0.4, -0.2) is 27.2 Å². The lowest BCUT2D eigenvalue weighted by Gasteiger charge is -2.28. The summed E-state index contributed by atoms with van der Waals surface area (Å²) in [5.41, 5.74) is 2.31. The molecule has 1 saturated carbocycles. The molecule has 100 valence electrons. The fourth-order valence-electron chi connectivity index (χ4n) is 2.44. The van der Waals surface area contributed by atoms with Crippen molar-refractivity contribution in [1.29, 1.82) is 0 Å². The van der Waals surface area contributed by atoms with Crippen LogP contribution in [-0.2, 0) is 6.42 Å². The molecule has 1 fully saturated rings. The normalized spacial score (nSPS) is 17.7. The molecule has 0 atom stereocenters. The summed E-state index contributed by atoms with van der Waals surface area (Å²) >= 11 is 0. The maximum atomic E-state index is 9.58.